The molecule has 9 heteroatoms. The molecule has 0 spiro atoms. The molecule has 1 aliphatic heterocycles. The third-order valence-electron chi connectivity index (χ3n) is 6.30. The highest BCUT2D eigenvalue weighted by Crippen LogP contribution is 2.30. The molecule has 3 heterocycles. The summed E-state index contributed by atoms with van der Waals surface area (Å²) in [6, 6.07) is 4.67. The van der Waals surface area contributed by atoms with Crippen LogP contribution in [0.15, 0.2) is 34.9 Å². The van der Waals surface area contributed by atoms with Gasteiger partial charge >= 0.3 is 0 Å². The van der Waals surface area contributed by atoms with Crippen LogP contribution in [-0.4, -0.2) is 41.0 Å². The minimum Gasteiger partial charge on any atom is -0.395 e. The Balaban J connectivity index is 1.95. The van der Waals surface area contributed by atoms with E-state index in [0.29, 0.717) is 36.6 Å². The van der Waals surface area contributed by atoms with Gasteiger partial charge in [-0.05, 0) is 37.7 Å². The maximum absolute atomic E-state index is 15.3. The second kappa shape index (κ2) is 11.3. The lowest BCUT2D eigenvalue weighted by molar-refractivity contribution is -0.108. The fourth-order valence-corrected chi connectivity index (χ4v) is 4.58. The number of nitrogens with zero attached hydrogens (tertiary/aromatic N) is 4. The van der Waals surface area contributed by atoms with E-state index in [0.717, 1.165) is 37.5 Å². The number of aromatic nitrogens is 2. The first kappa shape index (κ1) is 25.4. The highest BCUT2D eigenvalue weighted by Gasteiger charge is 2.25. The lowest BCUT2D eigenvalue weighted by atomic mass is 9.95. The summed E-state index contributed by atoms with van der Waals surface area (Å²) >= 11 is 0. The van der Waals surface area contributed by atoms with Crippen molar-refractivity contribution >= 4 is 17.7 Å². The Morgan fingerprint density at radius 1 is 1.38 bits per heavy atom. The van der Waals surface area contributed by atoms with Crippen molar-refractivity contribution < 1.29 is 9.18 Å². The Morgan fingerprint density at radius 2 is 2.15 bits per heavy atom. The largest absolute Gasteiger partial charge is 0.395 e. The highest BCUT2D eigenvalue weighted by atomic mass is 19.1. The van der Waals surface area contributed by atoms with Crippen LogP contribution in [0.1, 0.15) is 49.6 Å². The molecular weight excluding hydrogens is 435 g/mol. The number of halogens is 1. The van der Waals surface area contributed by atoms with E-state index in [1.54, 1.807) is 24.7 Å². The number of hydrazine groups is 1. The molecule has 1 atom stereocenters. The zero-order valence-corrected chi connectivity index (χ0v) is 20.3. The Bertz CT molecular complexity index is 1090. The van der Waals surface area contributed by atoms with Gasteiger partial charge in [0.2, 0.25) is 0 Å². The van der Waals surface area contributed by atoms with Crippen LogP contribution in [0.3, 0.4) is 0 Å². The maximum atomic E-state index is 15.3. The predicted octanol–water partition coefficient (Wildman–Crippen LogP) is 2.58. The Labute approximate surface area is 200 Å². The first-order valence-corrected chi connectivity index (χ1v) is 11.8. The zero-order chi connectivity index (χ0) is 24.8. The molecule has 1 aliphatic rings. The fourth-order valence-electron chi connectivity index (χ4n) is 4.58. The van der Waals surface area contributed by atoms with Crippen molar-refractivity contribution in [3.63, 3.8) is 0 Å². The molecule has 1 saturated heterocycles. The van der Waals surface area contributed by atoms with Gasteiger partial charge in [-0.25, -0.2) is 15.2 Å². The molecule has 34 heavy (non-hydrogen) atoms. The molecule has 0 saturated carbocycles. The van der Waals surface area contributed by atoms with Gasteiger partial charge in [-0.2, -0.15) is 0 Å². The van der Waals surface area contributed by atoms with Crippen LogP contribution in [0, 0.1) is 18.7 Å². The van der Waals surface area contributed by atoms with Crippen molar-refractivity contribution in [3.05, 3.63) is 63.2 Å². The molecule has 0 bridgehead atoms. The Hall–Kier alpha value is -3.20. The van der Waals surface area contributed by atoms with Crippen molar-refractivity contribution in [1.29, 1.82) is 0 Å². The molecular formula is C25H35FN6O2. The summed E-state index contributed by atoms with van der Waals surface area (Å²) in [4.78, 5) is 29.9. The van der Waals surface area contributed by atoms with E-state index >= 15 is 4.39 Å². The van der Waals surface area contributed by atoms with Gasteiger partial charge in [0.25, 0.3) is 5.56 Å². The van der Waals surface area contributed by atoms with Gasteiger partial charge in [-0.3, -0.25) is 4.79 Å². The van der Waals surface area contributed by atoms with Crippen molar-refractivity contribution in [2.24, 2.45) is 17.5 Å². The first-order valence-electron chi connectivity index (χ1n) is 11.8. The number of hydrogen-bond donors (Lipinski definition) is 2. The lowest BCUT2D eigenvalue weighted by Gasteiger charge is -2.34. The van der Waals surface area contributed by atoms with E-state index in [-0.39, 0.29) is 29.4 Å². The van der Waals surface area contributed by atoms with Gasteiger partial charge in [-0.1, -0.05) is 19.4 Å². The van der Waals surface area contributed by atoms with Crippen molar-refractivity contribution in [2.45, 2.75) is 52.5 Å². The highest BCUT2D eigenvalue weighted by molar-refractivity contribution is 5.66. The van der Waals surface area contributed by atoms with Gasteiger partial charge < -0.3 is 25.0 Å². The molecule has 3 rings (SSSR count). The summed E-state index contributed by atoms with van der Waals surface area (Å²) in [5.74, 6) is 5.86. The van der Waals surface area contributed by atoms with E-state index in [4.69, 9.17) is 11.6 Å². The summed E-state index contributed by atoms with van der Waals surface area (Å²) in [6.07, 6.45) is 6.88. The van der Waals surface area contributed by atoms with Gasteiger partial charge in [0, 0.05) is 44.9 Å². The van der Waals surface area contributed by atoms with E-state index in [1.165, 1.54) is 17.1 Å². The van der Waals surface area contributed by atoms with Crippen LogP contribution < -0.4 is 22.0 Å². The van der Waals surface area contributed by atoms with Crippen molar-refractivity contribution in [2.75, 3.05) is 25.0 Å². The molecule has 0 radical (unpaired) electrons. The minimum atomic E-state index is -0.418. The fraction of sp³-hybridized carbons (Fsp3) is 0.480. The lowest BCUT2D eigenvalue weighted by Crippen LogP contribution is -2.37. The number of piperidine rings is 1. The third-order valence-corrected chi connectivity index (χ3v) is 6.30. The number of aldehydes is 1. The number of allylic oxidation sites excluding steroid dienone is 1. The Morgan fingerprint density at radius 3 is 2.79 bits per heavy atom. The average Bonchev–Trinajstić information content (AvgIpc) is 2.79. The summed E-state index contributed by atoms with van der Waals surface area (Å²) in [5.41, 5.74) is 9.19. The molecule has 2 aromatic rings. The third kappa shape index (κ3) is 5.83. The quantitative estimate of drug-likeness (QED) is 0.329. The minimum absolute atomic E-state index is 0.138. The van der Waals surface area contributed by atoms with Crippen LogP contribution in [0.2, 0.25) is 0 Å². The van der Waals surface area contributed by atoms with Crippen LogP contribution in [-0.2, 0) is 17.8 Å². The van der Waals surface area contributed by atoms with Crippen LogP contribution in [0.5, 0.6) is 0 Å². The SMILES string of the molecule is CCCc1ccc(=O)n(C/C(=C(/N)c2cc(F)c(N3CCCC(CC=O)C3)c(C)n2)N(C)N)c1. The smallest absolute Gasteiger partial charge is 0.250 e. The van der Waals surface area contributed by atoms with Crippen LogP contribution in [0.25, 0.3) is 5.70 Å². The second-order valence-electron chi connectivity index (χ2n) is 9.00. The number of pyridine rings is 2. The zero-order valence-electron chi connectivity index (χ0n) is 20.3. The first-order chi connectivity index (χ1) is 16.2. The standard InChI is InChI=1S/C25H35FN6O2/c1-4-6-18-8-9-23(34)32(15-18)16-22(30(3)28)24(27)21-13-20(26)25(17(2)29-21)31-11-5-7-19(14-31)10-12-33/h8-9,12-13,15,19H,4-7,10-11,14,16,27-28H2,1-3H3/b24-22-. The molecule has 1 unspecified atom stereocenters. The number of carbonyl (C=O) groups excluding carboxylic acids is 1. The molecule has 0 aromatic carbocycles. The molecule has 1 fully saturated rings. The maximum Gasteiger partial charge on any atom is 0.250 e. The van der Waals surface area contributed by atoms with Crippen LogP contribution >= 0.6 is 0 Å². The molecule has 8 nitrogen and oxygen atoms in total. The van der Waals surface area contributed by atoms with Crippen molar-refractivity contribution in [3.8, 4) is 0 Å². The van der Waals surface area contributed by atoms with E-state index in [1.807, 2.05) is 11.0 Å². The molecule has 0 aliphatic carbocycles. The van der Waals surface area contributed by atoms with Gasteiger partial charge in [0.1, 0.15) is 6.29 Å². The molecule has 0 amide bonds. The van der Waals surface area contributed by atoms with Crippen LogP contribution in [0.4, 0.5) is 10.1 Å². The van der Waals surface area contributed by atoms with Gasteiger partial charge in [-0.15, -0.1) is 0 Å². The predicted molar refractivity (Wildman–Crippen MR) is 132 cm³/mol. The number of hydrogen-bond acceptors (Lipinski definition) is 7. The van der Waals surface area contributed by atoms with E-state index in [9.17, 15) is 9.59 Å². The molecule has 184 valence electrons. The van der Waals surface area contributed by atoms with Gasteiger partial charge in [0.05, 0.1) is 35.0 Å². The van der Waals surface area contributed by atoms with Crippen molar-refractivity contribution in [1.82, 2.24) is 14.6 Å². The number of nitrogens with two attached hydrogens (primary N) is 2. The Kier molecular flexibility index (Phi) is 8.44. The van der Waals surface area contributed by atoms with E-state index < -0.39 is 5.82 Å². The average molecular weight is 471 g/mol. The number of rotatable bonds is 9. The number of carbonyl (C=O) groups is 1. The normalized spacial score (nSPS) is 16.9. The van der Waals surface area contributed by atoms with Gasteiger partial charge in [0.15, 0.2) is 5.82 Å². The summed E-state index contributed by atoms with van der Waals surface area (Å²) in [6.45, 7) is 5.30. The summed E-state index contributed by atoms with van der Waals surface area (Å²) < 4.78 is 16.9. The second-order valence-corrected chi connectivity index (χ2v) is 9.00. The number of likely N-dealkylation sites (N-methyl/N-ethyl adjacent to an activating group) is 1. The van der Waals surface area contributed by atoms with E-state index in [2.05, 4.69) is 11.9 Å². The summed E-state index contributed by atoms with van der Waals surface area (Å²) in [7, 11) is 1.63. The number of anilines is 1. The summed E-state index contributed by atoms with van der Waals surface area (Å²) in [5, 5.41) is 1.34. The molecule has 4 N–H and O–H groups in total. The monoisotopic (exact) mass is 470 g/mol. The number of aryl methyl sites for hydroxylation is 2. The topological polar surface area (TPSA) is 110 Å². The molecule has 2 aromatic heterocycles.